The number of hydrogen-bond acceptors (Lipinski definition) is 4. The van der Waals surface area contributed by atoms with Crippen LogP contribution in [0.1, 0.15) is 12.0 Å². The maximum Gasteiger partial charge on any atom is 0.257 e. The van der Waals surface area contributed by atoms with Crippen LogP contribution in [0.15, 0.2) is 24.3 Å². The fraction of sp³-hybridized carbons (Fsp3) is 0.533. The topological polar surface area (TPSA) is 61.8 Å². The van der Waals surface area contributed by atoms with E-state index in [1.54, 1.807) is 7.05 Å². The van der Waals surface area contributed by atoms with E-state index in [1.807, 2.05) is 24.3 Å². The number of nitrogens with zero attached hydrogens (tertiary/aromatic N) is 1. The first-order valence-corrected chi connectivity index (χ1v) is 6.97. The van der Waals surface area contributed by atoms with Crippen LogP contribution in [0.2, 0.25) is 0 Å². The highest BCUT2D eigenvalue weighted by Crippen LogP contribution is 2.23. The molecule has 1 aromatic carbocycles. The average Bonchev–Trinajstić information content (AvgIpc) is 2.93. The van der Waals surface area contributed by atoms with Gasteiger partial charge in [0, 0.05) is 32.3 Å². The van der Waals surface area contributed by atoms with Gasteiger partial charge in [0.15, 0.2) is 6.61 Å². The number of benzene rings is 1. The molecular formula is C15H22N2O3. The minimum atomic E-state index is -0.138. The lowest BCUT2D eigenvalue weighted by Gasteiger charge is -2.18. The monoisotopic (exact) mass is 278 g/mol. The highest BCUT2D eigenvalue weighted by Gasteiger charge is 2.22. The van der Waals surface area contributed by atoms with Crippen molar-refractivity contribution in [2.24, 2.45) is 5.92 Å². The summed E-state index contributed by atoms with van der Waals surface area (Å²) < 4.78 is 5.57. The van der Waals surface area contributed by atoms with E-state index in [4.69, 9.17) is 4.74 Å². The number of aliphatic hydroxyl groups excluding tert-OH is 1. The molecule has 1 saturated heterocycles. The van der Waals surface area contributed by atoms with Crippen molar-refractivity contribution in [1.82, 2.24) is 10.2 Å². The van der Waals surface area contributed by atoms with Crippen molar-refractivity contribution >= 4 is 5.91 Å². The number of hydrogen-bond donors (Lipinski definition) is 2. The average molecular weight is 278 g/mol. The second-order valence-electron chi connectivity index (χ2n) is 5.14. The van der Waals surface area contributed by atoms with Gasteiger partial charge in [0.2, 0.25) is 0 Å². The Morgan fingerprint density at radius 1 is 1.50 bits per heavy atom. The van der Waals surface area contributed by atoms with Crippen molar-refractivity contribution in [2.45, 2.75) is 13.0 Å². The van der Waals surface area contributed by atoms with E-state index in [-0.39, 0.29) is 19.1 Å². The molecule has 0 aliphatic carbocycles. The summed E-state index contributed by atoms with van der Waals surface area (Å²) >= 11 is 0. The number of para-hydroxylation sites is 1. The summed E-state index contributed by atoms with van der Waals surface area (Å²) in [6.07, 6.45) is 1.04. The lowest BCUT2D eigenvalue weighted by atomic mass is 10.1. The molecule has 1 fully saturated rings. The van der Waals surface area contributed by atoms with Crippen LogP contribution in [-0.2, 0) is 11.3 Å². The van der Waals surface area contributed by atoms with Crippen molar-refractivity contribution in [3.63, 3.8) is 0 Å². The third-order valence-corrected chi connectivity index (χ3v) is 3.63. The second-order valence-corrected chi connectivity index (χ2v) is 5.14. The maximum absolute atomic E-state index is 11.2. The summed E-state index contributed by atoms with van der Waals surface area (Å²) in [5, 5.41) is 11.7. The van der Waals surface area contributed by atoms with Gasteiger partial charge in [0.05, 0.1) is 0 Å². The summed E-state index contributed by atoms with van der Waals surface area (Å²) in [5.41, 5.74) is 1.08. The third-order valence-electron chi connectivity index (χ3n) is 3.63. The number of likely N-dealkylation sites (N-methyl/N-ethyl adjacent to an activating group) is 1. The molecule has 1 aliphatic rings. The Morgan fingerprint density at radius 2 is 2.30 bits per heavy atom. The van der Waals surface area contributed by atoms with E-state index in [0.29, 0.717) is 5.92 Å². The molecule has 1 amide bonds. The Bertz CT molecular complexity index is 450. The summed E-state index contributed by atoms with van der Waals surface area (Å²) in [4.78, 5) is 13.6. The molecule has 20 heavy (non-hydrogen) atoms. The Kier molecular flexibility index (Phi) is 5.38. The van der Waals surface area contributed by atoms with E-state index in [1.165, 1.54) is 0 Å². The maximum atomic E-state index is 11.2. The molecule has 1 aliphatic heterocycles. The molecule has 1 heterocycles. The number of likely N-dealkylation sites (tertiary alicyclic amines) is 1. The molecule has 0 aromatic heterocycles. The molecule has 0 saturated carbocycles. The molecular weight excluding hydrogens is 256 g/mol. The quantitative estimate of drug-likeness (QED) is 0.801. The van der Waals surface area contributed by atoms with Crippen molar-refractivity contribution in [2.75, 3.05) is 33.4 Å². The number of carbonyl (C=O) groups excluding carboxylic acids is 1. The molecule has 5 heteroatoms. The van der Waals surface area contributed by atoms with Crippen molar-refractivity contribution in [3.05, 3.63) is 29.8 Å². The van der Waals surface area contributed by atoms with Gasteiger partial charge in [0.25, 0.3) is 5.91 Å². The number of rotatable bonds is 6. The number of ether oxygens (including phenoxy) is 1. The lowest BCUT2D eigenvalue weighted by Crippen LogP contribution is -2.25. The smallest absolute Gasteiger partial charge is 0.257 e. The first kappa shape index (κ1) is 14.8. The Labute approximate surface area is 119 Å². The fourth-order valence-corrected chi connectivity index (χ4v) is 2.44. The van der Waals surface area contributed by atoms with Gasteiger partial charge in [-0.2, -0.15) is 0 Å². The van der Waals surface area contributed by atoms with E-state index < -0.39 is 0 Å². The third kappa shape index (κ3) is 3.95. The van der Waals surface area contributed by atoms with Crippen LogP contribution in [0.25, 0.3) is 0 Å². The van der Waals surface area contributed by atoms with Crippen LogP contribution in [0.4, 0.5) is 0 Å². The minimum Gasteiger partial charge on any atom is -0.483 e. The van der Waals surface area contributed by atoms with Crippen molar-refractivity contribution in [3.8, 4) is 5.75 Å². The predicted molar refractivity (Wildman–Crippen MR) is 76.5 cm³/mol. The van der Waals surface area contributed by atoms with Gasteiger partial charge in [-0.1, -0.05) is 18.2 Å². The van der Waals surface area contributed by atoms with E-state index in [2.05, 4.69) is 10.2 Å². The zero-order chi connectivity index (χ0) is 14.4. The van der Waals surface area contributed by atoms with E-state index in [0.717, 1.165) is 37.4 Å². The molecule has 0 bridgehead atoms. The molecule has 1 unspecified atom stereocenters. The number of carbonyl (C=O) groups is 1. The number of aliphatic hydroxyl groups is 1. The zero-order valence-electron chi connectivity index (χ0n) is 11.8. The number of amides is 1. The van der Waals surface area contributed by atoms with Gasteiger partial charge in [-0.25, -0.2) is 0 Å². The number of nitrogens with one attached hydrogen (secondary N) is 1. The fourth-order valence-electron chi connectivity index (χ4n) is 2.44. The molecule has 0 spiro atoms. The van der Waals surface area contributed by atoms with Gasteiger partial charge < -0.3 is 15.2 Å². The predicted octanol–water partition coefficient (Wildman–Crippen LogP) is 0.626. The lowest BCUT2D eigenvalue weighted by molar-refractivity contribution is -0.122. The Hall–Kier alpha value is -1.59. The first-order valence-electron chi connectivity index (χ1n) is 6.97. The molecule has 1 aromatic rings. The zero-order valence-corrected chi connectivity index (χ0v) is 11.8. The van der Waals surface area contributed by atoms with Crippen LogP contribution in [0.5, 0.6) is 5.75 Å². The van der Waals surface area contributed by atoms with Crippen LogP contribution in [-0.4, -0.2) is 49.3 Å². The summed E-state index contributed by atoms with van der Waals surface area (Å²) in [6, 6.07) is 7.79. The second kappa shape index (κ2) is 7.26. The summed E-state index contributed by atoms with van der Waals surface area (Å²) in [5.74, 6) is 0.999. The Balaban J connectivity index is 1.95. The van der Waals surface area contributed by atoms with Crippen LogP contribution < -0.4 is 10.1 Å². The normalized spacial score (nSPS) is 19.0. The SMILES string of the molecule is CNC(=O)COc1ccccc1CN1CCC(CO)C1. The molecule has 2 rings (SSSR count). The van der Waals surface area contributed by atoms with E-state index >= 15 is 0 Å². The first-order chi connectivity index (χ1) is 9.72. The molecule has 5 nitrogen and oxygen atoms in total. The summed E-state index contributed by atoms with van der Waals surface area (Å²) in [7, 11) is 1.59. The summed E-state index contributed by atoms with van der Waals surface area (Å²) in [6.45, 7) is 2.99. The van der Waals surface area contributed by atoms with E-state index in [9.17, 15) is 9.90 Å². The molecule has 110 valence electrons. The minimum absolute atomic E-state index is 0.0345. The van der Waals surface area contributed by atoms with Gasteiger partial charge in [-0.15, -0.1) is 0 Å². The highest BCUT2D eigenvalue weighted by atomic mass is 16.5. The largest absolute Gasteiger partial charge is 0.483 e. The van der Waals surface area contributed by atoms with Crippen molar-refractivity contribution < 1.29 is 14.6 Å². The molecule has 0 radical (unpaired) electrons. The van der Waals surface area contributed by atoms with Gasteiger partial charge in [-0.05, 0) is 24.9 Å². The Morgan fingerprint density at radius 3 is 3.00 bits per heavy atom. The van der Waals surface area contributed by atoms with Crippen LogP contribution >= 0.6 is 0 Å². The van der Waals surface area contributed by atoms with Crippen LogP contribution in [0, 0.1) is 5.92 Å². The van der Waals surface area contributed by atoms with Crippen molar-refractivity contribution in [1.29, 1.82) is 0 Å². The van der Waals surface area contributed by atoms with Gasteiger partial charge >= 0.3 is 0 Å². The van der Waals surface area contributed by atoms with Gasteiger partial charge in [-0.3, -0.25) is 9.69 Å². The molecule has 1 atom stereocenters. The van der Waals surface area contributed by atoms with Crippen LogP contribution in [0.3, 0.4) is 0 Å². The molecule has 2 N–H and O–H groups in total. The standard InChI is InChI=1S/C15H22N2O3/c1-16-15(19)11-20-14-5-3-2-4-13(14)9-17-7-6-12(8-17)10-18/h2-5,12,18H,6-11H2,1H3,(H,16,19). The highest BCUT2D eigenvalue weighted by molar-refractivity contribution is 5.77. The van der Waals surface area contributed by atoms with Gasteiger partial charge in [0.1, 0.15) is 5.75 Å².